The third-order valence-electron chi connectivity index (χ3n) is 2.52. The summed E-state index contributed by atoms with van der Waals surface area (Å²) in [5.74, 6) is 1.43. The lowest BCUT2D eigenvalue weighted by molar-refractivity contribution is 1.10. The topological polar surface area (TPSA) is 54.5 Å². The van der Waals surface area contributed by atoms with Gasteiger partial charge in [-0.1, -0.05) is 28.1 Å². The van der Waals surface area contributed by atoms with Crippen LogP contribution in [0.4, 0.5) is 0 Å². The van der Waals surface area contributed by atoms with E-state index in [9.17, 15) is 0 Å². The number of halogens is 1. The second kappa shape index (κ2) is 4.70. The molecule has 0 amide bonds. The average molecular weight is 301 g/mol. The van der Waals surface area contributed by atoms with Crippen LogP contribution in [0.3, 0.4) is 0 Å². The molecule has 0 saturated carbocycles. The van der Waals surface area contributed by atoms with E-state index in [0.717, 1.165) is 21.4 Å². The average Bonchev–Trinajstić information content (AvgIpc) is 2.89. The van der Waals surface area contributed by atoms with Crippen molar-refractivity contribution in [2.24, 2.45) is 0 Å². The number of nitrogens with one attached hydrogen (secondary N) is 1. The molecule has 0 radical (unpaired) electrons. The van der Waals surface area contributed by atoms with Crippen molar-refractivity contribution in [3.63, 3.8) is 0 Å². The zero-order chi connectivity index (χ0) is 12.4. The lowest BCUT2D eigenvalue weighted by Gasteiger charge is -1.95. The molecule has 0 bridgehead atoms. The molecule has 2 aromatic heterocycles. The highest BCUT2D eigenvalue weighted by molar-refractivity contribution is 9.10. The van der Waals surface area contributed by atoms with Gasteiger partial charge in [-0.15, -0.1) is 0 Å². The monoisotopic (exact) mass is 300 g/mol. The summed E-state index contributed by atoms with van der Waals surface area (Å²) in [7, 11) is 0. The number of benzene rings is 1. The molecule has 1 N–H and O–H groups in total. The quantitative estimate of drug-likeness (QED) is 0.790. The smallest absolute Gasteiger partial charge is 0.181 e. The fraction of sp³-hybridized carbons (Fsp3) is 0. The molecule has 88 valence electrons. The summed E-state index contributed by atoms with van der Waals surface area (Å²) >= 11 is 3.44. The summed E-state index contributed by atoms with van der Waals surface area (Å²) in [5.41, 5.74) is 1.94. The molecule has 0 spiro atoms. The third-order valence-corrected chi connectivity index (χ3v) is 3.02. The summed E-state index contributed by atoms with van der Waals surface area (Å²) in [6.45, 7) is 0. The number of aromatic amines is 1. The Hall–Kier alpha value is -2.01. The standard InChI is InChI=1S/C13H9BrN4/c14-11-3-1-2-10(8-11)13-16-12(17-18-13)9-4-6-15-7-5-9/h1-8H,(H,16,17,18). The van der Waals surface area contributed by atoms with E-state index in [1.165, 1.54) is 0 Å². The molecule has 1 aromatic carbocycles. The first-order valence-corrected chi connectivity index (χ1v) is 6.21. The maximum Gasteiger partial charge on any atom is 0.181 e. The molecule has 0 saturated heterocycles. The summed E-state index contributed by atoms with van der Waals surface area (Å²) in [6.07, 6.45) is 3.47. The second-order valence-corrected chi connectivity index (χ2v) is 4.67. The predicted octanol–water partition coefficient (Wildman–Crippen LogP) is 3.30. The van der Waals surface area contributed by atoms with E-state index in [1.54, 1.807) is 12.4 Å². The van der Waals surface area contributed by atoms with Crippen molar-refractivity contribution in [3.05, 3.63) is 53.3 Å². The van der Waals surface area contributed by atoms with Crippen LogP contribution < -0.4 is 0 Å². The van der Waals surface area contributed by atoms with Crippen molar-refractivity contribution in [1.82, 2.24) is 20.2 Å². The number of pyridine rings is 1. The van der Waals surface area contributed by atoms with Crippen molar-refractivity contribution >= 4 is 15.9 Å². The van der Waals surface area contributed by atoms with Gasteiger partial charge in [-0.2, -0.15) is 5.10 Å². The molecule has 0 aliphatic rings. The minimum atomic E-state index is 0.683. The Morgan fingerprint density at radius 1 is 1.00 bits per heavy atom. The van der Waals surface area contributed by atoms with E-state index >= 15 is 0 Å². The Labute approximate surface area is 112 Å². The van der Waals surface area contributed by atoms with Gasteiger partial charge in [0.05, 0.1) is 0 Å². The molecule has 5 heteroatoms. The van der Waals surface area contributed by atoms with Gasteiger partial charge in [0, 0.05) is 28.0 Å². The lowest BCUT2D eigenvalue weighted by Crippen LogP contribution is -1.81. The molecule has 3 rings (SSSR count). The fourth-order valence-corrected chi connectivity index (χ4v) is 2.06. The molecule has 2 heterocycles. The minimum Gasteiger partial charge on any atom is -0.265 e. The minimum absolute atomic E-state index is 0.683. The lowest BCUT2D eigenvalue weighted by atomic mass is 10.2. The summed E-state index contributed by atoms with van der Waals surface area (Å²) < 4.78 is 1.01. The second-order valence-electron chi connectivity index (χ2n) is 3.75. The third kappa shape index (κ3) is 2.17. The summed E-state index contributed by atoms with van der Waals surface area (Å²) in [4.78, 5) is 8.46. The predicted molar refractivity (Wildman–Crippen MR) is 72.7 cm³/mol. The Morgan fingerprint density at radius 2 is 1.83 bits per heavy atom. The number of hydrogen-bond acceptors (Lipinski definition) is 3. The first-order valence-electron chi connectivity index (χ1n) is 5.42. The first kappa shape index (κ1) is 11.1. The number of nitrogens with zero attached hydrogens (tertiary/aromatic N) is 3. The fourth-order valence-electron chi connectivity index (χ4n) is 1.66. The van der Waals surface area contributed by atoms with Gasteiger partial charge < -0.3 is 0 Å². The molecule has 0 atom stereocenters. The van der Waals surface area contributed by atoms with Gasteiger partial charge in [0.1, 0.15) is 0 Å². The number of H-pyrrole nitrogens is 1. The first-order chi connectivity index (χ1) is 8.83. The molecule has 0 aliphatic carbocycles. The molecule has 0 fully saturated rings. The van der Waals surface area contributed by atoms with E-state index < -0.39 is 0 Å². The van der Waals surface area contributed by atoms with Gasteiger partial charge >= 0.3 is 0 Å². The van der Waals surface area contributed by atoms with Crippen LogP contribution in [-0.4, -0.2) is 20.2 Å². The Kier molecular flexibility index (Phi) is 2.90. The van der Waals surface area contributed by atoms with Crippen LogP contribution in [0.25, 0.3) is 22.8 Å². The SMILES string of the molecule is Brc1cccc(-c2n[nH]c(-c3ccncc3)n2)c1. The molecule has 4 nitrogen and oxygen atoms in total. The molecule has 0 unspecified atom stereocenters. The highest BCUT2D eigenvalue weighted by Crippen LogP contribution is 2.22. The summed E-state index contributed by atoms with van der Waals surface area (Å²) in [5, 5.41) is 7.16. The summed E-state index contributed by atoms with van der Waals surface area (Å²) in [6, 6.07) is 11.7. The van der Waals surface area contributed by atoms with Crippen molar-refractivity contribution in [1.29, 1.82) is 0 Å². The van der Waals surface area contributed by atoms with Crippen molar-refractivity contribution in [3.8, 4) is 22.8 Å². The van der Waals surface area contributed by atoms with Crippen LogP contribution in [0.15, 0.2) is 53.3 Å². The van der Waals surface area contributed by atoms with Gasteiger partial charge in [0.25, 0.3) is 0 Å². The number of hydrogen-bond donors (Lipinski definition) is 1. The normalized spacial score (nSPS) is 10.5. The zero-order valence-corrected chi connectivity index (χ0v) is 10.9. The van der Waals surface area contributed by atoms with E-state index in [2.05, 4.69) is 36.1 Å². The van der Waals surface area contributed by atoms with E-state index in [-0.39, 0.29) is 0 Å². The van der Waals surface area contributed by atoms with E-state index in [0.29, 0.717) is 5.82 Å². The molecular weight excluding hydrogens is 292 g/mol. The number of aromatic nitrogens is 4. The Bertz CT molecular complexity index is 664. The molecule has 3 aromatic rings. The van der Waals surface area contributed by atoms with Crippen LogP contribution in [0.1, 0.15) is 0 Å². The molecule has 18 heavy (non-hydrogen) atoms. The van der Waals surface area contributed by atoms with Gasteiger partial charge in [-0.25, -0.2) is 4.98 Å². The zero-order valence-electron chi connectivity index (χ0n) is 9.34. The van der Waals surface area contributed by atoms with E-state index in [1.807, 2.05) is 36.4 Å². The maximum absolute atomic E-state index is 4.48. The Balaban J connectivity index is 2.00. The van der Waals surface area contributed by atoms with Crippen LogP contribution in [0.5, 0.6) is 0 Å². The van der Waals surface area contributed by atoms with Gasteiger partial charge in [-0.05, 0) is 24.3 Å². The Morgan fingerprint density at radius 3 is 2.61 bits per heavy atom. The largest absolute Gasteiger partial charge is 0.265 e. The maximum atomic E-state index is 4.48. The van der Waals surface area contributed by atoms with Crippen LogP contribution in [0, 0.1) is 0 Å². The van der Waals surface area contributed by atoms with Crippen molar-refractivity contribution in [2.75, 3.05) is 0 Å². The highest BCUT2D eigenvalue weighted by Gasteiger charge is 2.07. The number of rotatable bonds is 2. The van der Waals surface area contributed by atoms with Crippen molar-refractivity contribution < 1.29 is 0 Å². The van der Waals surface area contributed by atoms with Gasteiger partial charge in [-0.3, -0.25) is 10.1 Å². The molecular formula is C13H9BrN4. The highest BCUT2D eigenvalue weighted by atomic mass is 79.9. The van der Waals surface area contributed by atoms with Crippen LogP contribution in [0.2, 0.25) is 0 Å². The van der Waals surface area contributed by atoms with E-state index in [4.69, 9.17) is 0 Å². The molecule has 0 aliphatic heterocycles. The van der Waals surface area contributed by atoms with Gasteiger partial charge in [0.15, 0.2) is 11.6 Å². The van der Waals surface area contributed by atoms with Crippen molar-refractivity contribution in [2.45, 2.75) is 0 Å². The van der Waals surface area contributed by atoms with Crippen LogP contribution in [-0.2, 0) is 0 Å². The van der Waals surface area contributed by atoms with Gasteiger partial charge in [0.2, 0.25) is 0 Å². The van der Waals surface area contributed by atoms with Crippen LogP contribution >= 0.6 is 15.9 Å².